The maximum Gasteiger partial charge on any atom is 0.305 e. The van der Waals surface area contributed by atoms with Gasteiger partial charge in [-0.05, 0) is 80.0 Å². The Morgan fingerprint density at radius 1 is 1.00 bits per heavy atom. The lowest BCUT2D eigenvalue weighted by Gasteiger charge is -2.62. The lowest BCUT2D eigenvalue weighted by molar-refractivity contribution is -0.196. The van der Waals surface area contributed by atoms with Crippen molar-refractivity contribution in [3.63, 3.8) is 0 Å². The van der Waals surface area contributed by atoms with Crippen molar-refractivity contribution in [1.82, 2.24) is 0 Å². The van der Waals surface area contributed by atoms with Gasteiger partial charge in [0.2, 0.25) is 0 Å². The summed E-state index contributed by atoms with van der Waals surface area (Å²) in [5.41, 5.74) is -0.503. The van der Waals surface area contributed by atoms with Crippen LogP contribution >= 0.6 is 0 Å². The van der Waals surface area contributed by atoms with Gasteiger partial charge in [0.05, 0.1) is 7.11 Å². The molecule has 10 atom stereocenters. The SMILES string of the molecule is COC(=O)CCC(C)C1CCC2C3C(CC(=O)[C@]12C)[C@@]1(C)CC[C@@H](OC(C)=O)C[C@H]1C[C@H]3OC(C)=O. The molecule has 7 heteroatoms. The van der Waals surface area contributed by atoms with Crippen molar-refractivity contribution < 1.29 is 33.4 Å². The van der Waals surface area contributed by atoms with Crippen LogP contribution < -0.4 is 0 Å². The molecule has 0 radical (unpaired) electrons. The molecule has 0 aromatic carbocycles. The number of esters is 3. The summed E-state index contributed by atoms with van der Waals surface area (Å²) in [4.78, 5) is 49.7. The molecular weight excluding hydrogens is 460 g/mol. The van der Waals surface area contributed by atoms with E-state index in [1.165, 1.54) is 21.0 Å². The van der Waals surface area contributed by atoms with Gasteiger partial charge in [0.1, 0.15) is 18.0 Å². The Kier molecular flexibility index (Phi) is 7.60. The summed E-state index contributed by atoms with van der Waals surface area (Å²) in [6, 6.07) is 0. The zero-order chi connectivity index (χ0) is 26.4. The van der Waals surface area contributed by atoms with Crippen LogP contribution in [-0.4, -0.2) is 43.0 Å². The lowest BCUT2D eigenvalue weighted by atomic mass is 9.43. The molecule has 4 fully saturated rings. The summed E-state index contributed by atoms with van der Waals surface area (Å²) in [6.45, 7) is 9.57. The molecule has 5 unspecified atom stereocenters. The first-order valence-corrected chi connectivity index (χ1v) is 13.9. The van der Waals surface area contributed by atoms with Gasteiger partial charge in [0.25, 0.3) is 0 Å². The molecule has 4 rings (SSSR count). The highest BCUT2D eigenvalue weighted by Gasteiger charge is 2.66. The van der Waals surface area contributed by atoms with E-state index >= 15 is 0 Å². The van der Waals surface area contributed by atoms with Gasteiger partial charge in [0.15, 0.2) is 0 Å². The Morgan fingerprint density at radius 3 is 2.33 bits per heavy atom. The van der Waals surface area contributed by atoms with Crippen molar-refractivity contribution in [3.8, 4) is 0 Å². The molecule has 7 nitrogen and oxygen atoms in total. The van der Waals surface area contributed by atoms with Gasteiger partial charge in [-0.1, -0.05) is 20.8 Å². The molecule has 202 valence electrons. The topological polar surface area (TPSA) is 96.0 Å². The molecule has 36 heavy (non-hydrogen) atoms. The number of ketones is 1. The zero-order valence-corrected chi connectivity index (χ0v) is 22.8. The normalized spacial score (nSPS) is 42.4. The van der Waals surface area contributed by atoms with Crippen molar-refractivity contribution in [2.75, 3.05) is 7.11 Å². The van der Waals surface area contributed by atoms with E-state index in [1.54, 1.807) is 0 Å². The lowest BCUT2D eigenvalue weighted by Crippen LogP contribution is -2.62. The third-order valence-electron chi connectivity index (χ3n) is 10.9. The van der Waals surface area contributed by atoms with E-state index in [0.29, 0.717) is 25.0 Å². The Hall–Kier alpha value is -1.92. The maximum atomic E-state index is 14.0. The number of hydrogen-bond acceptors (Lipinski definition) is 7. The van der Waals surface area contributed by atoms with Gasteiger partial charge in [-0.3, -0.25) is 19.2 Å². The molecule has 0 N–H and O–H groups in total. The molecule has 0 aromatic heterocycles. The van der Waals surface area contributed by atoms with Crippen LogP contribution in [0, 0.1) is 46.3 Å². The smallest absolute Gasteiger partial charge is 0.305 e. The predicted octanol–water partition coefficient (Wildman–Crippen LogP) is 4.89. The Bertz CT molecular complexity index is 898. The fourth-order valence-corrected chi connectivity index (χ4v) is 9.14. The average molecular weight is 505 g/mol. The van der Waals surface area contributed by atoms with Gasteiger partial charge in [-0.25, -0.2) is 0 Å². The first-order chi connectivity index (χ1) is 16.9. The van der Waals surface area contributed by atoms with E-state index in [9.17, 15) is 19.2 Å². The Morgan fingerprint density at radius 2 is 1.69 bits per heavy atom. The number of carbonyl (C=O) groups excluding carboxylic acids is 4. The van der Waals surface area contributed by atoms with E-state index in [4.69, 9.17) is 14.2 Å². The quantitative estimate of drug-likeness (QED) is 0.375. The molecule has 4 saturated carbocycles. The minimum atomic E-state index is -0.465. The van der Waals surface area contributed by atoms with E-state index in [-0.39, 0.29) is 71.0 Å². The van der Waals surface area contributed by atoms with Crippen LogP contribution in [-0.2, 0) is 33.4 Å². The van der Waals surface area contributed by atoms with Crippen LogP contribution in [0.4, 0.5) is 0 Å². The third kappa shape index (κ3) is 4.60. The Labute approximate surface area is 215 Å². The number of carbonyl (C=O) groups is 4. The number of ether oxygens (including phenoxy) is 3. The number of methoxy groups -OCH3 is 1. The average Bonchev–Trinajstić information content (AvgIpc) is 3.16. The van der Waals surface area contributed by atoms with Crippen LogP contribution in [0.1, 0.15) is 92.4 Å². The molecular formula is C29H44O7. The fourth-order valence-electron chi connectivity index (χ4n) is 9.14. The standard InChI is InChI=1S/C29H44O7/c1-16(7-10-26(33)34-6)21-8-9-22-27-23(15-25(32)29(21,22)5)28(4)12-11-20(35-17(2)30)13-19(28)14-24(27)36-18(3)31/h16,19-24,27H,7-15H2,1-6H3/t16?,19-,20+,21?,22?,23?,24+,27?,28-,29+/m0/s1. The van der Waals surface area contributed by atoms with Gasteiger partial charge >= 0.3 is 17.9 Å². The highest BCUT2D eigenvalue weighted by molar-refractivity contribution is 5.87. The summed E-state index contributed by atoms with van der Waals surface area (Å²) in [6.07, 6.45) is 6.44. The van der Waals surface area contributed by atoms with Crippen LogP contribution in [0.25, 0.3) is 0 Å². The predicted molar refractivity (Wildman–Crippen MR) is 133 cm³/mol. The largest absolute Gasteiger partial charge is 0.469 e. The number of fused-ring (bicyclic) bond motifs is 5. The van der Waals surface area contributed by atoms with Crippen LogP contribution in [0.15, 0.2) is 0 Å². The number of hydrogen-bond donors (Lipinski definition) is 0. The van der Waals surface area contributed by atoms with Crippen molar-refractivity contribution >= 4 is 23.7 Å². The van der Waals surface area contributed by atoms with Gasteiger partial charge in [0, 0.05) is 38.0 Å². The Balaban J connectivity index is 1.62. The molecule has 0 bridgehead atoms. The second-order valence-electron chi connectivity index (χ2n) is 12.6. The van der Waals surface area contributed by atoms with Crippen molar-refractivity contribution in [3.05, 3.63) is 0 Å². The van der Waals surface area contributed by atoms with Crippen molar-refractivity contribution in [1.29, 1.82) is 0 Å². The first kappa shape index (κ1) is 27.1. The minimum Gasteiger partial charge on any atom is -0.469 e. The van der Waals surface area contributed by atoms with Crippen molar-refractivity contribution in [2.24, 2.45) is 46.3 Å². The number of rotatable bonds is 6. The summed E-state index contributed by atoms with van der Waals surface area (Å²) < 4.78 is 16.5. The highest BCUT2D eigenvalue weighted by atomic mass is 16.5. The van der Waals surface area contributed by atoms with Crippen LogP contribution in [0.2, 0.25) is 0 Å². The monoisotopic (exact) mass is 504 g/mol. The van der Waals surface area contributed by atoms with Crippen molar-refractivity contribution in [2.45, 2.75) is 105 Å². The minimum absolute atomic E-state index is 0.0382. The van der Waals surface area contributed by atoms with Gasteiger partial charge in [-0.15, -0.1) is 0 Å². The third-order valence-corrected chi connectivity index (χ3v) is 10.9. The fraction of sp³-hybridized carbons (Fsp3) is 0.862. The van der Waals surface area contributed by atoms with Crippen LogP contribution in [0.3, 0.4) is 0 Å². The molecule has 0 saturated heterocycles. The molecule has 0 heterocycles. The molecule has 0 aromatic rings. The highest BCUT2D eigenvalue weighted by Crippen LogP contribution is 2.67. The summed E-state index contributed by atoms with van der Waals surface area (Å²) >= 11 is 0. The molecule has 0 aliphatic heterocycles. The maximum absolute atomic E-state index is 14.0. The summed E-state index contributed by atoms with van der Waals surface area (Å²) in [5, 5.41) is 0. The molecule has 4 aliphatic carbocycles. The van der Waals surface area contributed by atoms with E-state index < -0.39 is 5.41 Å². The molecule has 0 spiro atoms. The van der Waals surface area contributed by atoms with Gasteiger partial charge < -0.3 is 14.2 Å². The molecule has 0 amide bonds. The summed E-state index contributed by atoms with van der Waals surface area (Å²) in [5.74, 6) is 0.785. The second-order valence-corrected chi connectivity index (χ2v) is 12.6. The first-order valence-electron chi connectivity index (χ1n) is 13.9. The second kappa shape index (κ2) is 10.1. The molecule has 4 aliphatic rings. The van der Waals surface area contributed by atoms with E-state index in [0.717, 1.165) is 38.5 Å². The van der Waals surface area contributed by atoms with E-state index in [2.05, 4.69) is 20.8 Å². The summed E-state index contributed by atoms with van der Waals surface area (Å²) in [7, 11) is 1.41. The number of Topliss-reactive ketones (excluding diaryl/α,β-unsaturated/α-hetero) is 1. The van der Waals surface area contributed by atoms with Crippen LogP contribution in [0.5, 0.6) is 0 Å². The van der Waals surface area contributed by atoms with E-state index in [1.807, 2.05) is 0 Å². The van der Waals surface area contributed by atoms with Gasteiger partial charge in [-0.2, -0.15) is 0 Å². The zero-order valence-electron chi connectivity index (χ0n) is 22.8.